The Kier molecular flexibility index (Phi) is 8.23. The van der Waals surface area contributed by atoms with Crippen LogP contribution in [0, 0.1) is 0 Å². The first-order valence-corrected chi connectivity index (χ1v) is 11.5. The number of hydrogen-bond donors (Lipinski definition) is 1. The summed E-state index contributed by atoms with van der Waals surface area (Å²) in [6.45, 7) is 4.30. The Morgan fingerprint density at radius 3 is 2.24 bits per heavy atom. The van der Waals surface area contributed by atoms with E-state index >= 15 is 0 Å². The van der Waals surface area contributed by atoms with Crippen molar-refractivity contribution in [3.63, 3.8) is 0 Å². The zero-order valence-electron chi connectivity index (χ0n) is 18.6. The van der Waals surface area contributed by atoms with Gasteiger partial charge in [-0.25, -0.2) is 0 Å². The highest BCUT2D eigenvalue weighted by Gasteiger charge is 2.38. The number of ether oxygens (including phenoxy) is 3. The van der Waals surface area contributed by atoms with Crippen LogP contribution in [0.25, 0.3) is 0 Å². The molecule has 0 aromatic heterocycles. The van der Waals surface area contributed by atoms with Crippen molar-refractivity contribution in [2.75, 3.05) is 19.8 Å². The largest absolute Gasteiger partial charge is 0.493 e. The van der Waals surface area contributed by atoms with E-state index < -0.39 is 23.1 Å². The summed E-state index contributed by atoms with van der Waals surface area (Å²) in [7, 11) is 0. The van der Waals surface area contributed by atoms with Crippen molar-refractivity contribution < 1.29 is 27.4 Å². The van der Waals surface area contributed by atoms with Crippen LogP contribution in [0.15, 0.2) is 36.4 Å². The standard InChI is InChI=1S/C24H28Cl2F3NO3/c1-22(2)32-14-23(30,15-33-22)10-9-17-6-8-21(18(12-17)24(27,28)29)31-11-3-4-16-5-7-19(25)20(26)13-16/h5-8,12-13H,3-4,9-11,14-15,30H2,1-2H3. The third kappa shape index (κ3) is 7.49. The fraction of sp³-hybridized carbons (Fsp3) is 0.500. The Labute approximate surface area is 202 Å². The van der Waals surface area contributed by atoms with E-state index in [1.54, 1.807) is 32.0 Å². The second-order valence-corrected chi connectivity index (χ2v) is 9.68. The molecule has 4 nitrogen and oxygen atoms in total. The van der Waals surface area contributed by atoms with Crippen LogP contribution >= 0.6 is 23.2 Å². The summed E-state index contributed by atoms with van der Waals surface area (Å²) in [5, 5.41) is 0.902. The van der Waals surface area contributed by atoms with Crippen LogP contribution < -0.4 is 10.5 Å². The number of nitrogens with two attached hydrogens (primary N) is 1. The van der Waals surface area contributed by atoms with E-state index in [0.717, 1.165) is 11.6 Å². The van der Waals surface area contributed by atoms with Gasteiger partial charge in [0.1, 0.15) is 5.75 Å². The van der Waals surface area contributed by atoms with Gasteiger partial charge in [0.05, 0.1) is 41.0 Å². The van der Waals surface area contributed by atoms with Gasteiger partial charge in [0.15, 0.2) is 5.79 Å². The van der Waals surface area contributed by atoms with Gasteiger partial charge < -0.3 is 19.9 Å². The molecule has 1 saturated heterocycles. The molecule has 2 aromatic rings. The molecule has 0 bridgehead atoms. The van der Waals surface area contributed by atoms with Gasteiger partial charge >= 0.3 is 6.18 Å². The lowest BCUT2D eigenvalue weighted by Crippen LogP contribution is -2.57. The molecule has 9 heteroatoms. The molecule has 0 radical (unpaired) electrons. The van der Waals surface area contributed by atoms with E-state index in [1.165, 1.54) is 6.07 Å². The quantitative estimate of drug-likeness (QED) is 0.419. The lowest BCUT2D eigenvalue weighted by atomic mass is 9.92. The van der Waals surface area contributed by atoms with Gasteiger partial charge in [-0.1, -0.05) is 35.3 Å². The van der Waals surface area contributed by atoms with Crippen molar-refractivity contribution >= 4 is 23.2 Å². The molecule has 2 N–H and O–H groups in total. The van der Waals surface area contributed by atoms with Crippen LogP contribution in [0.1, 0.15) is 43.4 Å². The molecule has 1 fully saturated rings. The van der Waals surface area contributed by atoms with Crippen LogP contribution in [0.3, 0.4) is 0 Å². The molecule has 0 spiro atoms. The van der Waals surface area contributed by atoms with Crippen LogP contribution in [-0.2, 0) is 28.5 Å². The van der Waals surface area contributed by atoms with Crippen molar-refractivity contribution in [2.24, 2.45) is 5.73 Å². The maximum Gasteiger partial charge on any atom is 0.419 e. The van der Waals surface area contributed by atoms with Crippen molar-refractivity contribution in [3.05, 3.63) is 63.1 Å². The SMILES string of the molecule is CC1(C)OCC(N)(CCc2ccc(OCCCc3ccc(Cl)c(Cl)c3)c(C(F)(F)F)c2)CO1. The van der Waals surface area contributed by atoms with E-state index in [0.29, 0.717) is 41.3 Å². The van der Waals surface area contributed by atoms with Crippen LogP contribution in [0.4, 0.5) is 13.2 Å². The summed E-state index contributed by atoms with van der Waals surface area (Å²) in [6.07, 6.45) is -2.59. The average molecular weight is 506 g/mol. The predicted octanol–water partition coefficient (Wildman–Crippen LogP) is 6.44. The van der Waals surface area contributed by atoms with Gasteiger partial charge in [-0.2, -0.15) is 13.2 Å². The zero-order chi connectivity index (χ0) is 24.3. The molecule has 33 heavy (non-hydrogen) atoms. The maximum absolute atomic E-state index is 13.7. The van der Waals surface area contributed by atoms with Crippen molar-refractivity contribution in [2.45, 2.75) is 57.0 Å². The van der Waals surface area contributed by atoms with Crippen molar-refractivity contribution in [1.82, 2.24) is 0 Å². The van der Waals surface area contributed by atoms with Gasteiger partial charge in [0, 0.05) is 0 Å². The van der Waals surface area contributed by atoms with Gasteiger partial charge in [-0.15, -0.1) is 0 Å². The smallest absolute Gasteiger partial charge is 0.419 e. The summed E-state index contributed by atoms with van der Waals surface area (Å²) < 4.78 is 57.7. The van der Waals surface area contributed by atoms with E-state index in [4.69, 9.17) is 43.1 Å². The van der Waals surface area contributed by atoms with Crippen LogP contribution in [-0.4, -0.2) is 31.1 Å². The number of halogens is 5. The molecule has 0 aliphatic carbocycles. The molecular formula is C24H28Cl2F3NO3. The monoisotopic (exact) mass is 505 g/mol. The van der Waals surface area contributed by atoms with E-state index in [2.05, 4.69) is 0 Å². The molecule has 1 aliphatic heterocycles. The fourth-order valence-corrected chi connectivity index (χ4v) is 3.81. The fourth-order valence-electron chi connectivity index (χ4n) is 3.49. The number of hydrogen-bond acceptors (Lipinski definition) is 4. The second kappa shape index (κ2) is 10.4. The van der Waals surface area contributed by atoms with Crippen molar-refractivity contribution in [1.29, 1.82) is 0 Å². The van der Waals surface area contributed by atoms with Gasteiger partial charge in [-0.05, 0) is 74.9 Å². The third-order valence-electron chi connectivity index (χ3n) is 5.53. The highest BCUT2D eigenvalue weighted by Crippen LogP contribution is 2.37. The molecule has 1 heterocycles. The summed E-state index contributed by atoms with van der Waals surface area (Å²) in [4.78, 5) is 0. The lowest BCUT2D eigenvalue weighted by molar-refractivity contribution is -0.267. The minimum Gasteiger partial charge on any atom is -0.493 e. The normalized spacial score (nSPS) is 17.7. The van der Waals surface area contributed by atoms with Gasteiger partial charge in [0.2, 0.25) is 0 Å². The molecule has 2 aromatic carbocycles. The third-order valence-corrected chi connectivity index (χ3v) is 6.27. The average Bonchev–Trinajstić information content (AvgIpc) is 2.74. The van der Waals surface area contributed by atoms with Crippen LogP contribution in [0.5, 0.6) is 5.75 Å². The molecular weight excluding hydrogens is 478 g/mol. The molecule has 3 rings (SSSR count). The first-order chi connectivity index (χ1) is 15.4. The van der Waals surface area contributed by atoms with E-state index in [-0.39, 0.29) is 25.6 Å². The van der Waals surface area contributed by atoms with Crippen LogP contribution in [0.2, 0.25) is 10.0 Å². The summed E-state index contributed by atoms with van der Waals surface area (Å²) in [5.74, 6) is -0.889. The second-order valence-electron chi connectivity index (χ2n) is 8.87. The minimum atomic E-state index is -4.53. The first-order valence-electron chi connectivity index (χ1n) is 10.7. The highest BCUT2D eigenvalue weighted by molar-refractivity contribution is 6.42. The zero-order valence-corrected chi connectivity index (χ0v) is 20.1. The van der Waals surface area contributed by atoms with E-state index in [9.17, 15) is 13.2 Å². The summed E-state index contributed by atoms with van der Waals surface area (Å²) in [6, 6.07) is 9.41. The number of aryl methyl sites for hydroxylation is 2. The Balaban J connectivity index is 1.59. The minimum absolute atomic E-state index is 0.138. The number of benzene rings is 2. The number of rotatable bonds is 8. The molecule has 0 unspecified atom stereocenters. The van der Waals surface area contributed by atoms with Gasteiger partial charge in [0.25, 0.3) is 0 Å². The first kappa shape index (κ1) is 26.1. The molecule has 0 atom stereocenters. The summed E-state index contributed by atoms with van der Waals surface area (Å²) >= 11 is 11.9. The van der Waals surface area contributed by atoms with Crippen molar-refractivity contribution in [3.8, 4) is 5.75 Å². The number of alkyl halides is 3. The van der Waals surface area contributed by atoms with Gasteiger partial charge in [-0.3, -0.25) is 0 Å². The predicted molar refractivity (Wildman–Crippen MR) is 123 cm³/mol. The molecule has 182 valence electrons. The lowest BCUT2D eigenvalue weighted by Gasteiger charge is -2.41. The Morgan fingerprint density at radius 2 is 1.61 bits per heavy atom. The summed E-state index contributed by atoms with van der Waals surface area (Å²) in [5.41, 5.74) is 6.25. The highest BCUT2D eigenvalue weighted by atomic mass is 35.5. The Morgan fingerprint density at radius 1 is 0.970 bits per heavy atom. The molecule has 1 aliphatic rings. The molecule has 0 amide bonds. The maximum atomic E-state index is 13.7. The Bertz CT molecular complexity index is 956. The Hall–Kier alpha value is -1.51. The van der Waals surface area contributed by atoms with E-state index in [1.807, 2.05) is 6.07 Å². The topological polar surface area (TPSA) is 53.7 Å². The molecule has 0 saturated carbocycles.